The minimum absolute atomic E-state index is 0.00585. The lowest BCUT2D eigenvalue weighted by atomic mass is 10.1. The average Bonchev–Trinajstić information content (AvgIpc) is 3.34. The summed E-state index contributed by atoms with van der Waals surface area (Å²) in [5.74, 6) is -0.150. The Balaban J connectivity index is 2.19. The number of amides is 1. The minimum Gasteiger partial charge on any atom is -0.391 e. The van der Waals surface area contributed by atoms with Crippen molar-refractivity contribution in [3.05, 3.63) is 28.6 Å². The molecule has 1 aromatic heterocycles. The van der Waals surface area contributed by atoms with E-state index in [9.17, 15) is 15.2 Å². The van der Waals surface area contributed by atoms with Crippen molar-refractivity contribution in [2.75, 3.05) is 13.6 Å². The smallest absolute Gasteiger partial charge is 0.264 e. The molecule has 0 bridgehead atoms. The predicted octanol–water partition coefficient (Wildman–Crippen LogP) is 1.34. The summed E-state index contributed by atoms with van der Waals surface area (Å²) in [6.07, 6.45) is 2.94. The van der Waals surface area contributed by atoms with Crippen molar-refractivity contribution in [1.29, 1.82) is 10.5 Å². The molecule has 1 heterocycles. The van der Waals surface area contributed by atoms with Crippen LogP contribution in [-0.4, -0.2) is 40.2 Å². The van der Waals surface area contributed by atoms with Crippen molar-refractivity contribution in [1.82, 2.24) is 9.47 Å². The van der Waals surface area contributed by atoms with Gasteiger partial charge in [0.15, 0.2) is 0 Å². The molecule has 1 aromatic rings. The summed E-state index contributed by atoms with van der Waals surface area (Å²) in [5, 5.41) is 28.3. The molecule has 0 saturated heterocycles. The van der Waals surface area contributed by atoms with Crippen LogP contribution < -0.4 is 0 Å². The molecule has 1 unspecified atom stereocenters. The van der Waals surface area contributed by atoms with Gasteiger partial charge in [0.25, 0.3) is 5.91 Å². The topological polar surface area (TPSA) is 93.1 Å². The Kier molecular flexibility index (Phi) is 4.88. The molecule has 2 rings (SSSR count). The lowest BCUT2D eigenvalue weighted by Crippen LogP contribution is -2.35. The standard InChI is InChI=1S/C17H20N4O2/c1-11-13(7-15(9-19)21(11)3)6-14(8-18)17(23)20(2)10-16(22)12-4-5-12/h6-7,12,16,22H,4-5,10H2,1-3H3. The van der Waals surface area contributed by atoms with Gasteiger partial charge in [-0.25, -0.2) is 0 Å². The Morgan fingerprint density at radius 2 is 2.22 bits per heavy atom. The number of likely N-dealkylation sites (N-methyl/N-ethyl adjacent to an activating group) is 1. The number of hydrogen-bond acceptors (Lipinski definition) is 4. The van der Waals surface area contributed by atoms with E-state index in [4.69, 9.17) is 5.26 Å². The zero-order chi connectivity index (χ0) is 17.1. The van der Waals surface area contributed by atoms with E-state index >= 15 is 0 Å². The molecule has 6 nitrogen and oxygen atoms in total. The second-order valence-electron chi connectivity index (χ2n) is 6.00. The van der Waals surface area contributed by atoms with Gasteiger partial charge in [0.1, 0.15) is 23.4 Å². The SMILES string of the molecule is Cc1c(C=C(C#N)C(=O)N(C)CC(O)C2CC2)cc(C#N)n1C. The average molecular weight is 312 g/mol. The molecule has 1 amide bonds. The predicted molar refractivity (Wildman–Crippen MR) is 84.8 cm³/mol. The zero-order valence-corrected chi connectivity index (χ0v) is 13.6. The van der Waals surface area contributed by atoms with E-state index in [1.807, 2.05) is 13.0 Å². The zero-order valence-electron chi connectivity index (χ0n) is 13.6. The van der Waals surface area contributed by atoms with Gasteiger partial charge in [0.2, 0.25) is 0 Å². The van der Waals surface area contributed by atoms with Gasteiger partial charge in [-0.1, -0.05) is 0 Å². The van der Waals surface area contributed by atoms with Crippen LogP contribution in [0.5, 0.6) is 0 Å². The highest BCUT2D eigenvalue weighted by atomic mass is 16.3. The van der Waals surface area contributed by atoms with Gasteiger partial charge < -0.3 is 14.6 Å². The minimum atomic E-state index is -0.535. The van der Waals surface area contributed by atoms with E-state index in [1.54, 1.807) is 24.7 Å². The van der Waals surface area contributed by atoms with Crippen LogP contribution in [0.3, 0.4) is 0 Å². The molecule has 1 atom stereocenters. The van der Waals surface area contributed by atoms with Crippen LogP contribution in [0.15, 0.2) is 11.6 Å². The number of carbonyl (C=O) groups excluding carboxylic acids is 1. The largest absolute Gasteiger partial charge is 0.391 e. The van der Waals surface area contributed by atoms with Crippen LogP contribution in [0.2, 0.25) is 0 Å². The third-order valence-corrected chi connectivity index (χ3v) is 4.31. The molecule has 0 spiro atoms. The van der Waals surface area contributed by atoms with E-state index in [-0.39, 0.29) is 18.0 Å². The highest BCUT2D eigenvalue weighted by molar-refractivity contribution is 6.01. The maximum Gasteiger partial charge on any atom is 0.264 e. The third-order valence-electron chi connectivity index (χ3n) is 4.31. The van der Waals surface area contributed by atoms with Crippen LogP contribution in [0.4, 0.5) is 0 Å². The quantitative estimate of drug-likeness (QED) is 0.656. The van der Waals surface area contributed by atoms with Crippen molar-refractivity contribution < 1.29 is 9.90 Å². The van der Waals surface area contributed by atoms with Crippen LogP contribution in [0.1, 0.15) is 29.8 Å². The van der Waals surface area contributed by atoms with E-state index in [0.717, 1.165) is 18.5 Å². The first-order chi connectivity index (χ1) is 10.9. The fraction of sp³-hybridized carbons (Fsp3) is 0.471. The molecular formula is C17H20N4O2. The van der Waals surface area contributed by atoms with Crippen LogP contribution in [-0.2, 0) is 11.8 Å². The molecule has 1 N–H and O–H groups in total. The highest BCUT2D eigenvalue weighted by Crippen LogP contribution is 2.32. The van der Waals surface area contributed by atoms with E-state index in [1.165, 1.54) is 11.0 Å². The summed E-state index contributed by atoms with van der Waals surface area (Å²) in [6, 6.07) is 5.64. The fourth-order valence-corrected chi connectivity index (χ4v) is 2.47. The van der Waals surface area contributed by atoms with Crippen molar-refractivity contribution in [3.63, 3.8) is 0 Å². The molecule has 1 aliphatic carbocycles. The molecule has 1 aliphatic rings. The van der Waals surface area contributed by atoms with E-state index in [2.05, 4.69) is 6.07 Å². The number of carbonyl (C=O) groups is 1. The van der Waals surface area contributed by atoms with Crippen LogP contribution in [0.25, 0.3) is 6.08 Å². The Morgan fingerprint density at radius 1 is 1.57 bits per heavy atom. The Bertz CT molecular complexity index is 729. The summed E-state index contributed by atoms with van der Waals surface area (Å²) >= 11 is 0. The van der Waals surface area contributed by atoms with E-state index in [0.29, 0.717) is 11.3 Å². The van der Waals surface area contributed by atoms with Gasteiger partial charge in [0.05, 0.1) is 6.10 Å². The normalized spacial score (nSPS) is 15.7. The Hall–Kier alpha value is -2.57. The summed E-state index contributed by atoms with van der Waals surface area (Å²) in [5.41, 5.74) is 1.94. The monoisotopic (exact) mass is 312 g/mol. The molecule has 1 fully saturated rings. The second kappa shape index (κ2) is 6.68. The number of rotatable bonds is 5. The van der Waals surface area contributed by atoms with Gasteiger partial charge in [-0.15, -0.1) is 0 Å². The Morgan fingerprint density at radius 3 is 2.70 bits per heavy atom. The number of nitriles is 2. The highest BCUT2D eigenvalue weighted by Gasteiger charge is 2.31. The molecular weight excluding hydrogens is 292 g/mol. The van der Waals surface area contributed by atoms with E-state index < -0.39 is 12.0 Å². The van der Waals surface area contributed by atoms with Crippen molar-refractivity contribution in [2.24, 2.45) is 13.0 Å². The first-order valence-electron chi connectivity index (χ1n) is 7.50. The number of aliphatic hydroxyl groups is 1. The van der Waals surface area contributed by atoms with Gasteiger partial charge in [-0.2, -0.15) is 10.5 Å². The van der Waals surface area contributed by atoms with Crippen molar-refractivity contribution in [2.45, 2.75) is 25.9 Å². The first kappa shape index (κ1) is 16.8. The van der Waals surface area contributed by atoms with Gasteiger partial charge in [-0.05, 0) is 43.4 Å². The molecule has 1 saturated carbocycles. The number of aliphatic hydroxyl groups excluding tert-OH is 1. The summed E-state index contributed by atoms with van der Waals surface area (Å²) in [7, 11) is 3.34. The third kappa shape index (κ3) is 3.61. The number of aromatic nitrogens is 1. The van der Waals surface area contributed by atoms with Crippen molar-refractivity contribution in [3.8, 4) is 12.1 Å². The van der Waals surface area contributed by atoms with Gasteiger partial charge in [0, 0.05) is 26.3 Å². The first-order valence-corrected chi connectivity index (χ1v) is 7.50. The summed E-state index contributed by atoms with van der Waals surface area (Å²) in [6.45, 7) is 2.05. The second-order valence-corrected chi connectivity index (χ2v) is 6.00. The molecule has 0 aromatic carbocycles. The molecule has 0 aliphatic heterocycles. The lowest BCUT2D eigenvalue weighted by Gasteiger charge is -2.20. The summed E-state index contributed by atoms with van der Waals surface area (Å²) in [4.78, 5) is 13.8. The van der Waals surface area contributed by atoms with Crippen LogP contribution in [0, 0.1) is 35.5 Å². The molecule has 6 heteroatoms. The number of nitrogens with zero attached hydrogens (tertiary/aromatic N) is 4. The number of hydrogen-bond donors (Lipinski definition) is 1. The molecule has 23 heavy (non-hydrogen) atoms. The van der Waals surface area contributed by atoms with Crippen LogP contribution >= 0.6 is 0 Å². The summed E-state index contributed by atoms with van der Waals surface area (Å²) < 4.78 is 1.71. The Labute approximate surface area is 135 Å². The van der Waals surface area contributed by atoms with Gasteiger partial charge in [-0.3, -0.25) is 4.79 Å². The fourth-order valence-electron chi connectivity index (χ4n) is 2.47. The maximum absolute atomic E-state index is 12.4. The maximum atomic E-state index is 12.4. The lowest BCUT2D eigenvalue weighted by molar-refractivity contribution is -0.126. The van der Waals surface area contributed by atoms with Crippen molar-refractivity contribution >= 4 is 12.0 Å². The molecule has 120 valence electrons. The van der Waals surface area contributed by atoms with Gasteiger partial charge >= 0.3 is 0 Å². The molecule has 0 radical (unpaired) electrons.